The molecule has 1 aliphatic rings. The van der Waals surface area contributed by atoms with E-state index >= 15 is 0 Å². The molecule has 0 radical (unpaired) electrons. The van der Waals surface area contributed by atoms with Gasteiger partial charge < -0.3 is 4.48 Å². The van der Waals surface area contributed by atoms with Crippen LogP contribution in [0.25, 0.3) is 0 Å². The molecule has 0 aromatic rings. The fourth-order valence-corrected chi connectivity index (χ4v) is 1.48. The number of thiol groups is 1. The summed E-state index contributed by atoms with van der Waals surface area (Å²) in [6.45, 7) is 2.60. The zero-order chi connectivity index (χ0) is 6.91. The maximum absolute atomic E-state index is 4.43. The highest BCUT2D eigenvalue weighted by Crippen LogP contribution is 2.17. The van der Waals surface area contributed by atoms with Gasteiger partial charge in [0.1, 0.15) is 0 Å². The van der Waals surface area contributed by atoms with Gasteiger partial charge in [0.15, 0.2) is 0 Å². The van der Waals surface area contributed by atoms with Gasteiger partial charge in [-0.1, -0.05) is 0 Å². The molecule has 0 spiro atoms. The number of likely N-dealkylation sites (tertiary alicyclic amines) is 1. The Morgan fingerprint density at radius 3 is 2.00 bits per heavy atom. The van der Waals surface area contributed by atoms with Crippen LogP contribution in [0.2, 0.25) is 0 Å². The molecule has 0 atom stereocenters. The van der Waals surface area contributed by atoms with Gasteiger partial charge in [-0.05, 0) is 0 Å². The van der Waals surface area contributed by atoms with Crippen molar-refractivity contribution in [1.82, 2.24) is 0 Å². The zero-order valence-electron chi connectivity index (χ0n) is 6.30. The van der Waals surface area contributed by atoms with Crippen LogP contribution in [-0.2, 0) is 0 Å². The summed E-state index contributed by atoms with van der Waals surface area (Å²) in [7, 11) is 4.58. The molecule has 0 aliphatic carbocycles. The minimum Gasteiger partial charge on any atom is -0.328 e. The van der Waals surface area contributed by atoms with Crippen LogP contribution in [0, 0.1) is 0 Å². The van der Waals surface area contributed by atoms with E-state index in [1.54, 1.807) is 0 Å². The highest BCUT2D eigenvalue weighted by Gasteiger charge is 2.23. The maximum atomic E-state index is 4.43. The van der Waals surface area contributed by atoms with Crippen LogP contribution in [-0.4, -0.2) is 36.9 Å². The first-order valence-electron chi connectivity index (χ1n) is 3.60. The van der Waals surface area contributed by atoms with Gasteiger partial charge in [0.2, 0.25) is 0 Å². The van der Waals surface area contributed by atoms with Gasteiger partial charge in [-0.2, -0.15) is 12.6 Å². The lowest BCUT2D eigenvalue weighted by Gasteiger charge is -2.35. The third kappa shape index (κ3) is 2.18. The van der Waals surface area contributed by atoms with Crippen LogP contribution in [0.3, 0.4) is 0 Å². The van der Waals surface area contributed by atoms with Crippen molar-refractivity contribution < 1.29 is 4.48 Å². The Morgan fingerprint density at radius 1 is 1.22 bits per heavy atom. The molecule has 2 heteroatoms. The highest BCUT2D eigenvalue weighted by molar-refractivity contribution is 7.80. The van der Waals surface area contributed by atoms with Gasteiger partial charge in [-0.15, -0.1) is 0 Å². The molecule has 1 fully saturated rings. The normalized spacial score (nSPS) is 28.3. The summed E-state index contributed by atoms with van der Waals surface area (Å²) in [5, 5.41) is 0.677. The van der Waals surface area contributed by atoms with E-state index < -0.39 is 0 Å². The Hall–Kier alpha value is 0.310. The van der Waals surface area contributed by atoms with Crippen molar-refractivity contribution in [3.63, 3.8) is 0 Å². The average molecular weight is 146 g/mol. The molecule has 0 aromatic carbocycles. The number of hydrogen-bond donors (Lipinski definition) is 1. The topological polar surface area (TPSA) is 0 Å². The summed E-state index contributed by atoms with van der Waals surface area (Å²) in [5.41, 5.74) is 0. The Labute approximate surface area is 63.0 Å². The Balaban J connectivity index is 2.35. The maximum Gasteiger partial charge on any atom is 0.0793 e. The lowest BCUT2D eigenvalue weighted by Crippen LogP contribution is -2.46. The van der Waals surface area contributed by atoms with E-state index in [4.69, 9.17) is 0 Å². The van der Waals surface area contributed by atoms with Crippen molar-refractivity contribution in [2.75, 3.05) is 27.2 Å². The lowest BCUT2D eigenvalue weighted by molar-refractivity contribution is -0.894. The largest absolute Gasteiger partial charge is 0.328 e. The molecule has 1 nitrogen and oxygen atoms in total. The summed E-state index contributed by atoms with van der Waals surface area (Å²) >= 11 is 4.43. The quantitative estimate of drug-likeness (QED) is 0.385. The van der Waals surface area contributed by atoms with Crippen molar-refractivity contribution in [3.8, 4) is 0 Å². The fourth-order valence-electron chi connectivity index (χ4n) is 1.25. The van der Waals surface area contributed by atoms with E-state index in [9.17, 15) is 0 Å². The molecule has 0 bridgehead atoms. The Bertz CT molecular complexity index is 91.1. The highest BCUT2D eigenvalue weighted by atomic mass is 32.1. The average Bonchev–Trinajstić information content (AvgIpc) is 1.78. The molecule has 0 aromatic heterocycles. The molecule has 1 heterocycles. The van der Waals surface area contributed by atoms with Crippen molar-refractivity contribution in [2.24, 2.45) is 0 Å². The molecular formula is C7H16NS+. The summed E-state index contributed by atoms with van der Waals surface area (Å²) < 4.78 is 1.19. The Kier molecular flexibility index (Phi) is 2.07. The van der Waals surface area contributed by atoms with Gasteiger partial charge in [-0.25, -0.2) is 0 Å². The smallest absolute Gasteiger partial charge is 0.0793 e. The van der Waals surface area contributed by atoms with Crippen LogP contribution >= 0.6 is 12.6 Å². The zero-order valence-corrected chi connectivity index (χ0v) is 7.19. The predicted octanol–water partition coefficient (Wildman–Crippen LogP) is 1.15. The van der Waals surface area contributed by atoms with Gasteiger partial charge in [0.05, 0.1) is 27.2 Å². The van der Waals surface area contributed by atoms with E-state index in [0.717, 1.165) is 0 Å². The first-order chi connectivity index (χ1) is 4.10. The van der Waals surface area contributed by atoms with E-state index in [1.807, 2.05) is 0 Å². The van der Waals surface area contributed by atoms with Crippen LogP contribution in [0.1, 0.15) is 12.8 Å². The number of piperidine rings is 1. The Morgan fingerprint density at radius 2 is 1.67 bits per heavy atom. The van der Waals surface area contributed by atoms with Gasteiger partial charge in [0.25, 0.3) is 0 Å². The standard InChI is InChI=1S/C7H15NS/c1-8(2)5-3-7(9)4-6-8/h7H,3-6H2,1-2H3/p+1. The first kappa shape index (κ1) is 7.42. The predicted molar refractivity (Wildman–Crippen MR) is 43.9 cm³/mol. The second-order valence-corrected chi connectivity index (χ2v) is 4.34. The van der Waals surface area contributed by atoms with Crippen LogP contribution in [0.15, 0.2) is 0 Å². The third-order valence-corrected chi connectivity index (χ3v) is 2.65. The van der Waals surface area contributed by atoms with Gasteiger partial charge in [0, 0.05) is 18.1 Å². The SMILES string of the molecule is C[N+]1(C)CCC(S)CC1. The molecule has 9 heavy (non-hydrogen) atoms. The van der Waals surface area contributed by atoms with Gasteiger partial charge in [-0.3, -0.25) is 0 Å². The lowest BCUT2D eigenvalue weighted by atomic mass is 10.1. The van der Waals surface area contributed by atoms with Crippen LogP contribution in [0.4, 0.5) is 0 Å². The first-order valence-corrected chi connectivity index (χ1v) is 4.12. The van der Waals surface area contributed by atoms with E-state index in [2.05, 4.69) is 26.7 Å². The molecule has 0 saturated carbocycles. The monoisotopic (exact) mass is 146 g/mol. The minimum absolute atomic E-state index is 0.677. The number of hydrogen-bond acceptors (Lipinski definition) is 1. The molecule has 1 saturated heterocycles. The molecule has 1 rings (SSSR count). The summed E-state index contributed by atoms with van der Waals surface area (Å²) in [6, 6.07) is 0. The number of nitrogens with zero attached hydrogens (tertiary/aromatic N) is 1. The second kappa shape index (κ2) is 2.51. The summed E-state index contributed by atoms with van der Waals surface area (Å²) in [5.74, 6) is 0. The number of rotatable bonds is 0. The third-order valence-electron chi connectivity index (χ3n) is 2.14. The molecule has 0 unspecified atom stereocenters. The van der Waals surface area contributed by atoms with Crippen molar-refractivity contribution in [1.29, 1.82) is 0 Å². The molecule has 0 amide bonds. The van der Waals surface area contributed by atoms with Crippen molar-refractivity contribution in [2.45, 2.75) is 18.1 Å². The summed E-state index contributed by atoms with van der Waals surface area (Å²) in [4.78, 5) is 0. The van der Waals surface area contributed by atoms with E-state index in [0.29, 0.717) is 5.25 Å². The van der Waals surface area contributed by atoms with Gasteiger partial charge >= 0.3 is 0 Å². The summed E-state index contributed by atoms with van der Waals surface area (Å²) in [6.07, 6.45) is 2.58. The van der Waals surface area contributed by atoms with Crippen LogP contribution in [0.5, 0.6) is 0 Å². The number of quaternary nitrogens is 1. The molecule has 0 N–H and O–H groups in total. The van der Waals surface area contributed by atoms with Crippen LogP contribution < -0.4 is 0 Å². The van der Waals surface area contributed by atoms with Crippen molar-refractivity contribution >= 4 is 12.6 Å². The second-order valence-electron chi connectivity index (χ2n) is 3.61. The molecular weight excluding hydrogens is 130 g/mol. The fraction of sp³-hybridized carbons (Fsp3) is 1.00. The van der Waals surface area contributed by atoms with E-state index in [1.165, 1.54) is 30.4 Å². The van der Waals surface area contributed by atoms with Crippen molar-refractivity contribution in [3.05, 3.63) is 0 Å². The minimum atomic E-state index is 0.677. The molecule has 54 valence electrons. The van der Waals surface area contributed by atoms with E-state index in [-0.39, 0.29) is 0 Å². The molecule has 1 aliphatic heterocycles.